The second kappa shape index (κ2) is 4.05. The molecule has 3 heterocycles. The van der Waals surface area contributed by atoms with E-state index in [1.54, 1.807) is 10.7 Å². The van der Waals surface area contributed by atoms with E-state index in [9.17, 15) is 4.79 Å². The molecule has 0 spiro atoms. The summed E-state index contributed by atoms with van der Waals surface area (Å²) in [6.07, 6.45) is 5.65. The van der Waals surface area contributed by atoms with Crippen molar-refractivity contribution >= 4 is 27.4 Å². The Morgan fingerprint density at radius 3 is 3.05 bits per heavy atom. The lowest BCUT2D eigenvalue weighted by Crippen LogP contribution is -2.54. The third-order valence-electron chi connectivity index (χ3n) is 4.71. The molecule has 0 bridgehead atoms. The minimum absolute atomic E-state index is 0.0334. The summed E-state index contributed by atoms with van der Waals surface area (Å²) >= 11 is 3.49. The molecule has 2 N–H and O–H groups in total. The maximum absolute atomic E-state index is 12.7. The van der Waals surface area contributed by atoms with Gasteiger partial charge in [-0.3, -0.25) is 4.79 Å². The number of amides is 1. The predicted octanol–water partition coefficient (Wildman–Crippen LogP) is 1.66. The van der Waals surface area contributed by atoms with Crippen LogP contribution in [0, 0.1) is 5.92 Å². The van der Waals surface area contributed by atoms with E-state index in [4.69, 9.17) is 5.73 Å². The van der Waals surface area contributed by atoms with E-state index in [0.29, 0.717) is 18.0 Å². The molecular formula is C14H15BrN4O. The van der Waals surface area contributed by atoms with Crippen molar-refractivity contribution in [3.63, 3.8) is 0 Å². The average molecular weight is 335 g/mol. The summed E-state index contributed by atoms with van der Waals surface area (Å²) in [5.74, 6) is 0.503. The highest BCUT2D eigenvalue weighted by atomic mass is 79.9. The molecule has 6 heteroatoms. The molecule has 1 aliphatic heterocycles. The third kappa shape index (κ3) is 1.58. The minimum atomic E-state index is -0.143. The van der Waals surface area contributed by atoms with Gasteiger partial charge in [0.2, 0.25) is 0 Å². The number of aromatic nitrogens is 2. The number of carbonyl (C=O) groups excluding carboxylic acids is 1. The number of likely N-dealkylation sites (tertiary alicyclic amines) is 1. The zero-order valence-corrected chi connectivity index (χ0v) is 12.5. The smallest absolute Gasteiger partial charge is 0.257 e. The molecule has 2 fully saturated rings. The Morgan fingerprint density at radius 2 is 2.40 bits per heavy atom. The molecule has 2 atom stereocenters. The van der Waals surface area contributed by atoms with Crippen LogP contribution in [0.1, 0.15) is 23.2 Å². The molecule has 20 heavy (non-hydrogen) atoms. The van der Waals surface area contributed by atoms with Gasteiger partial charge < -0.3 is 10.6 Å². The minimum Gasteiger partial charge on any atom is -0.336 e. The Hall–Kier alpha value is -1.40. The molecule has 0 aromatic carbocycles. The Bertz CT molecular complexity index is 712. The fourth-order valence-electron chi connectivity index (χ4n) is 3.37. The molecule has 2 aromatic rings. The van der Waals surface area contributed by atoms with Crippen LogP contribution >= 0.6 is 15.9 Å². The van der Waals surface area contributed by atoms with Crippen LogP contribution in [0.2, 0.25) is 0 Å². The fourth-order valence-corrected chi connectivity index (χ4v) is 3.92. The first kappa shape index (κ1) is 12.3. The standard InChI is InChI=1S/C14H15BrN4O/c15-11-2-1-5-19-12(11)10(6-17-19)13(20)18-7-9-3-4-14(9,16)8-18/h1-2,5-6,9H,3-4,7-8,16H2/t9-,14-/m0/s1. The largest absolute Gasteiger partial charge is 0.336 e. The number of pyridine rings is 1. The predicted molar refractivity (Wildman–Crippen MR) is 78.4 cm³/mol. The number of nitrogens with two attached hydrogens (primary N) is 1. The summed E-state index contributed by atoms with van der Waals surface area (Å²) in [6.45, 7) is 1.44. The quantitative estimate of drug-likeness (QED) is 0.862. The van der Waals surface area contributed by atoms with Crippen LogP contribution in [-0.2, 0) is 0 Å². The lowest BCUT2D eigenvalue weighted by Gasteiger charge is -2.39. The van der Waals surface area contributed by atoms with E-state index in [1.165, 1.54) is 0 Å². The SMILES string of the molecule is N[C@]12CC[C@H]1CN(C(=O)c1cnn3cccc(Br)c13)C2. The maximum atomic E-state index is 12.7. The van der Waals surface area contributed by atoms with Gasteiger partial charge in [0.1, 0.15) is 0 Å². The molecule has 1 saturated heterocycles. The van der Waals surface area contributed by atoms with Gasteiger partial charge >= 0.3 is 0 Å². The first-order valence-electron chi connectivity index (χ1n) is 6.78. The van der Waals surface area contributed by atoms with E-state index >= 15 is 0 Å². The number of nitrogens with zero attached hydrogens (tertiary/aromatic N) is 3. The van der Waals surface area contributed by atoms with Crippen LogP contribution in [0.15, 0.2) is 29.0 Å². The second-order valence-corrected chi connectivity index (χ2v) is 6.72. The lowest BCUT2D eigenvalue weighted by atomic mass is 9.70. The van der Waals surface area contributed by atoms with Gasteiger partial charge in [0.05, 0.1) is 17.3 Å². The lowest BCUT2D eigenvalue weighted by molar-refractivity contribution is 0.0787. The average Bonchev–Trinajstić information content (AvgIpc) is 2.94. The molecule has 1 aliphatic carbocycles. The molecule has 2 aliphatic rings. The van der Waals surface area contributed by atoms with Crippen molar-refractivity contribution in [1.82, 2.24) is 14.5 Å². The molecule has 1 amide bonds. The molecule has 104 valence electrons. The third-order valence-corrected chi connectivity index (χ3v) is 5.35. The molecular weight excluding hydrogens is 320 g/mol. The monoisotopic (exact) mass is 334 g/mol. The highest BCUT2D eigenvalue weighted by molar-refractivity contribution is 9.10. The van der Waals surface area contributed by atoms with Gasteiger partial charge in [-0.05, 0) is 46.8 Å². The van der Waals surface area contributed by atoms with Crippen LogP contribution in [0.25, 0.3) is 5.52 Å². The van der Waals surface area contributed by atoms with Crippen LogP contribution in [0.5, 0.6) is 0 Å². The first-order chi connectivity index (χ1) is 9.58. The highest BCUT2D eigenvalue weighted by Gasteiger charge is 2.51. The Kier molecular flexibility index (Phi) is 2.50. The molecule has 2 aromatic heterocycles. The van der Waals surface area contributed by atoms with Gasteiger partial charge in [-0.1, -0.05) is 0 Å². The topological polar surface area (TPSA) is 63.6 Å². The molecule has 0 radical (unpaired) electrons. The zero-order chi connectivity index (χ0) is 13.9. The molecule has 1 saturated carbocycles. The van der Waals surface area contributed by atoms with Gasteiger partial charge in [0, 0.05) is 29.3 Å². The number of halogens is 1. The van der Waals surface area contributed by atoms with E-state index in [1.807, 2.05) is 23.2 Å². The van der Waals surface area contributed by atoms with Crippen LogP contribution in [0.3, 0.4) is 0 Å². The summed E-state index contributed by atoms with van der Waals surface area (Å²) in [5, 5.41) is 4.25. The van der Waals surface area contributed by atoms with Crippen molar-refractivity contribution in [3.8, 4) is 0 Å². The second-order valence-electron chi connectivity index (χ2n) is 5.86. The first-order valence-corrected chi connectivity index (χ1v) is 7.58. The molecule has 5 nitrogen and oxygen atoms in total. The van der Waals surface area contributed by atoms with Gasteiger partial charge in [-0.2, -0.15) is 5.10 Å². The maximum Gasteiger partial charge on any atom is 0.257 e. The number of hydrogen-bond acceptors (Lipinski definition) is 3. The van der Waals surface area contributed by atoms with Crippen LogP contribution in [-0.4, -0.2) is 39.0 Å². The van der Waals surface area contributed by atoms with Crippen molar-refractivity contribution < 1.29 is 4.79 Å². The Balaban J connectivity index is 1.71. The Labute approximate surface area is 124 Å². The van der Waals surface area contributed by atoms with Gasteiger partial charge in [0.15, 0.2) is 0 Å². The van der Waals surface area contributed by atoms with E-state index in [0.717, 1.165) is 29.4 Å². The van der Waals surface area contributed by atoms with Crippen molar-refractivity contribution in [2.24, 2.45) is 11.7 Å². The van der Waals surface area contributed by atoms with Crippen molar-refractivity contribution in [2.45, 2.75) is 18.4 Å². The zero-order valence-electron chi connectivity index (χ0n) is 10.9. The Morgan fingerprint density at radius 1 is 1.55 bits per heavy atom. The summed E-state index contributed by atoms with van der Waals surface area (Å²) in [4.78, 5) is 14.6. The van der Waals surface area contributed by atoms with Crippen molar-refractivity contribution in [3.05, 3.63) is 34.6 Å². The van der Waals surface area contributed by atoms with Crippen molar-refractivity contribution in [2.75, 3.05) is 13.1 Å². The summed E-state index contributed by atoms with van der Waals surface area (Å²) in [5.41, 5.74) is 7.63. The number of hydrogen-bond donors (Lipinski definition) is 1. The van der Waals surface area contributed by atoms with E-state index in [-0.39, 0.29) is 11.4 Å². The number of rotatable bonds is 1. The summed E-state index contributed by atoms with van der Waals surface area (Å²) < 4.78 is 2.60. The van der Waals surface area contributed by atoms with Gasteiger partial charge in [-0.25, -0.2) is 4.52 Å². The van der Waals surface area contributed by atoms with Crippen LogP contribution < -0.4 is 5.73 Å². The van der Waals surface area contributed by atoms with E-state index in [2.05, 4.69) is 21.0 Å². The normalized spacial score (nSPS) is 28.5. The molecule has 0 unspecified atom stereocenters. The highest BCUT2D eigenvalue weighted by Crippen LogP contribution is 2.43. The number of carbonyl (C=O) groups is 1. The molecule has 4 rings (SSSR count). The summed E-state index contributed by atoms with van der Waals surface area (Å²) in [6, 6.07) is 3.81. The number of fused-ring (bicyclic) bond motifs is 2. The fraction of sp³-hybridized carbons (Fsp3) is 0.429. The summed E-state index contributed by atoms with van der Waals surface area (Å²) in [7, 11) is 0. The van der Waals surface area contributed by atoms with E-state index < -0.39 is 0 Å². The van der Waals surface area contributed by atoms with Gasteiger partial charge in [0.25, 0.3) is 5.91 Å². The van der Waals surface area contributed by atoms with Crippen molar-refractivity contribution in [1.29, 1.82) is 0 Å². The van der Waals surface area contributed by atoms with Gasteiger partial charge in [-0.15, -0.1) is 0 Å². The van der Waals surface area contributed by atoms with Crippen LogP contribution in [0.4, 0.5) is 0 Å².